The molecule has 1 aromatic rings. The van der Waals surface area contributed by atoms with Gasteiger partial charge in [-0.05, 0) is 5.56 Å². The predicted molar refractivity (Wildman–Crippen MR) is 60.2 cm³/mol. The summed E-state index contributed by atoms with van der Waals surface area (Å²) in [7, 11) is 0. The van der Waals surface area contributed by atoms with Crippen LogP contribution in [0.5, 0.6) is 0 Å². The quantitative estimate of drug-likeness (QED) is 0.470. The number of benzene rings is 1. The molecule has 0 aliphatic heterocycles. The molecule has 1 rings (SSSR count). The summed E-state index contributed by atoms with van der Waals surface area (Å²) in [4.78, 5) is 21.0. The second-order valence-corrected chi connectivity index (χ2v) is 2.76. The summed E-state index contributed by atoms with van der Waals surface area (Å²) in [5.74, 6) is -1.84. The summed E-state index contributed by atoms with van der Waals surface area (Å²) in [5, 5.41) is 8.25. The van der Waals surface area contributed by atoms with Crippen LogP contribution in [0, 0.1) is 0 Å². The van der Waals surface area contributed by atoms with Gasteiger partial charge in [-0.25, -0.2) is 9.59 Å². The van der Waals surface area contributed by atoms with E-state index in [1.54, 1.807) is 0 Å². The van der Waals surface area contributed by atoms with E-state index in [0.717, 1.165) is 17.7 Å². The maximum atomic E-state index is 10.9. The molecule has 0 amide bonds. The van der Waals surface area contributed by atoms with Gasteiger partial charge in [-0.2, -0.15) is 0 Å². The molecule has 5 heteroatoms. The van der Waals surface area contributed by atoms with E-state index in [-0.39, 0.29) is 36.2 Å². The van der Waals surface area contributed by atoms with Crippen LogP contribution in [0.15, 0.2) is 42.5 Å². The summed E-state index contributed by atoms with van der Waals surface area (Å²) in [6.07, 6.45) is 1.62. The fourth-order valence-corrected chi connectivity index (χ4v) is 0.916. The number of hydrogen-bond donors (Lipinski definition) is 1. The first-order valence-electron chi connectivity index (χ1n) is 4.30. The third-order valence-electron chi connectivity index (χ3n) is 1.59. The van der Waals surface area contributed by atoms with Crippen LogP contribution in [0.4, 0.5) is 0 Å². The number of carboxylic acids is 1. The molecule has 1 N–H and O–H groups in total. The molecular formula is C11H11NaO4. The van der Waals surface area contributed by atoms with Gasteiger partial charge in [-0.3, -0.25) is 0 Å². The summed E-state index contributed by atoms with van der Waals surface area (Å²) in [6.45, 7) is 0.142. The number of aliphatic carboxylic acids is 1. The summed E-state index contributed by atoms with van der Waals surface area (Å²) in [5.41, 5.74) is 0.856. The van der Waals surface area contributed by atoms with Crippen molar-refractivity contribution in [3.8, 4) is 0 Å². The molecule has 0 aliphatic rings. The molecule has 4 nitrogen and oxygen atoms in total. The summed E-state index contributed by atoms with van der Waals surface area (Å²) in [6, 6.07) is 9.14. The normalized spacial score (nSPS) is 9.50. The van der Waals surface area contributed by atoms with Gasteiger partial charge >= 0.3 is 41.5 Å². The molecule has 0 aromatic heterocycles. The van der Waals surface area contributed by atoms with Gasteiger partial charge < -0.3 is 9.84 Å². The molecule has 0 aliphatic carbocycles. The Balaban J connectivity index is 0.00000225. The van der Waals surface area contributed by atoms with E-state index >= 15 is 0 Å². The summed E-state index contributed by atoms with van der Waals surface area (Å²) >= 11 is 0. The Labute approximate surface area is 115 Å². The topological polar surface area (TPSA) is 63.6 Å². The van der Waals surface area contributed by atoms with E-state index in [4.69, 9.17) is 9.84 Å². The zero-order chi connectivity index (χ0) is 11.1. The zero-order valence-electron chi connectivity index (χ0n) is 7.92. The molecular weight excluding hydrogens is 219 g/mol. The molecule has 1 aromatic carbocycles. The van der Waals surface area contributed by atoms with Crippen molar-refractivity contribution in [3.63, 3.8) is 0 Å². The molecule has 0 atom stereocenters. The fourth-order valence-electron chi connectivity index (χ4n) is 0.916. The maximum absolute atomic E-state index is 10.9. The molecule has 0 radical (unpaired) electrons. The van der Waals surface area contributed by atoms with E-state index in [0.29, 0.717) is 0 Å². The Bertz CT molecular complexity index is 373. The molecule has 0 unspecified atom stereocenters. The van der Waals surface area contributed by atoms with Crippen LogP contribution in [0.3, 0.4) is 0 Å². The van der Waals surface area contributed by atoms with E-state index in [9.17, 15) is 9.59 Å². The van der Waals surface area contributed by atoms with Crippen molar-refractivity contribution in [2.45, 2.75) is 6.61 Å². The number of carbonyl (C=O) groups excluding carboxylic acids is 1. The van der Waals surface area contributed by atoms with Crippen LogP contribution in [0.25, 0.3) is 0 Å². The molecule has 0 fully saturated rings. The van der Waals surface area contributed by atoms with Gasteiger partial charge in [0.2, 0.25) is 0 Å². The molecule has 80 valence electrons. The van der Waals surface area contributed by atoms with Gasteiger partial charge in [0.15, 0.2) is 0 Å². The van der Waals surface area contributed by atoms with E-state index in [1.807, 2.05) is 30.3 Å². The standard InChI is InChI=1S/C11H10O4.Na.H/c12-10(13)6-7-11(14)15-8-9-4-2-1-3-5-9;;/h1-7H,8H2,(H,12,13);;/b7-6-;;. The van der Waals surface area contributed by atoms with Gasteiger partial charge in [-0.1, -0.05) is 30.3 Å². The second-order valence-electron chi connectivity index (χ2n) is 2.76. The first-order valence-corrected chi connectivity index (χ1v) is 4.30. The number of ether oxygens (including phenoxy) is 1. The minimum absolute atomic E-state index is 0. The number of hydrogen-bond acceptors (Lipinski definition) is 3. The molecule has 0 heterocycles. The zero-order valence-corrected chi connectivity index (χ0v) is 7.92. The minimum atomic E-state index is -1.17. The second kappa shape index (κ2) is 8.10. The number of rotatable bonds is 4. The van der Waals surface area contributed by atoms with Crippen molar-refractivity contribution >= 4 is 41.5 Å². The Morgan fingerprint density at radius 2 is 1.81 bits per heavy atom. The van der Waals surface area contributed by atoms with Gasteiger partial charge in [-0.15, -0.1) is 0 Å². The van der Waals surface area contributed by atoms with E-state index in [2.05, 4.69) is 0 Å². The third kappa shape index (κ3) is 6.40. The first kappa shape index (κ1) is 14.9. The Kier molecular flexibility index (Phi) is 7.54. The van der Waals surface area contributed by atoms with Gasteiger partial charge in [0.1, 0.15) is 6.61 Å². The Morgan fingerprint density at radius 1 is 1.19 bits per heavy atom. The van der Waals surface area contributed by atoms with E-state index < -0.39 is 11.9 Å². The van der Waals surface area contributed by atoms with Crippen LogP contribution >= 0.6 is 0 Å². The summed E-state index contributed by atoms with van der Waals surface area (Å²) < 4.78 is 4.79. The number of esters is 1. The number of carboxylic acid groups (broad SMARTS) is 1. The van der Waals surface area contributed by atoms with Gasteiger partial charge in [0.25, 0.3) is 0 Å². The van der Waals surface area contributed by atoms with Crippen molar-refractivity contribution in [3.05, 3.63) is 48.0 Å². The van der Waals surface area contributed by atoms with Gasteiger partial charge in [0, 0.05) is 12.2 Å². The molecule has 0 bridgehead atoms. The van der Waals surface area contributed by atoms with Crippen molar-refractivity contribution in [1.29, 1.82) is 0 Å². The van der Waals surface area contributed by atoms with Crippen molar-refractivity contribution in [1.82, 2.24) is 0 Å². The van der Waals surface area contributed by atoms with Crippen LogP contribution < -0.4 is 0 Å². The van der Waals surface area contributed by atoms with Crippen molar-refractivity contribution in [2.24, 2.45) is 0 Å². The average molecular weight is 230 g/mol. The van der Waals surface area contributed by atoms with Crippen LogP contribution in [-0.2, 0) is 20.9 Å². The monoisotopic (exact) mass is 230 g/mol. The average Bonchev–Trinajstić information content (AvgIpc) is 2.25. The molecule has 0 saturated heterocycles. The fraction of sp³-hybridized carbons (Fsp3) is 0.0909. The van der Waals surface area contributed by atoms with Crippen LogP contribution in [0.2, 0.25) is 0 Å². The van der Waals surface area contributed by atoms with Crippen LogP contribution in [0.1, 0.15) is 5.56 Å². The van der Waals surface area contributed by atoms with Crippen LogP contribution in [-0.4, -0.2) is 46.6 Å². The van der Waals surface area contributed by atoms with Crippen molar-refractivity contribution in [2.75, 3.05) is 0 Å². The van der Waals surface area contributed by atoms with Gasteiger partial charge in [0.05, 0.1) is 0 Å². The Hall–Kier alpha value is -1.10. The number of carbonyl (C=O) groups is 2. The molecule has 16 heavy (non-hydrogen) atoms. The predicted octanol–water partition coefficient (Wildman–Crippen LogP) is 0.722. The Morgan fingerprint density at radius 3 is 2.38 bits per heavy atom. The SMILES string of the molecule is O=C(O)/C=C\C(=O)OCc1ccccc1.[NaH]. The first-order chi connectivity index (χ1) is 7.18. The molecule has 0 spiro atoms. The van der Waals surface area contributed by atoms with E-state index in [1.165, 1.54) is 0 Å². The third-order valence-corrected chi connectivity index (χ3v) is 1.59. The van der Waals surface area contributed by atoms with Crippen molar-refractivity contribution < 1.29 is 19.4 Å². The molecule has 0 saturated carbocycles.